The molecule has 0 saturated carbocycles. The molecule has 0 bridgehead atoms. The Bertz CT molecular complexity index is 630. The highest BCUT2D eigenvalue weighted by Crippen LogP contribution is 2.16. The van der Waals surface area contributed by atoms with Crippen LogP contribution in [-0.2, 0) is 11.3 Å². The lowest BCUT2D eigenvalue weighted by Gasteiger charge is -2.26. The van der Waals surface area contributed by atoms with Crippen LogP contribution in [0.5, 0.6) is 0 Å². The molecule has 0 spiro atoms. The van der Waals surface area contributed by atoms with Gasteiger partial charge < -0.3 is 20.1 Å². The fourth-order valence-corrected chi connectivity index (χ4v) is 2.65. The monoisotopic (exact) mass is 348 g/mol. The quantitative estimate of drug-likeness (QED) is 0.829. The normalized spacial score (nSPS) is 16.2. The molecule has 24 heavy (non-hydrogen) atoms. The maximum absolute atomic E-state index is 10.1. The highest BCUT2D eigenvalue weighted by molar-refractivity contribution is 6.30. The fourth-order valence-electron chi connectivity index (χ4n) is 2.52. The van der Waals surface area contributed by atoms with Gasteiger partial charge in [-0.3, -0.25) is 0 Å². The molecule has 1 fully saturated rings. The molecule has 1 unspecified atom stereocenters. The van der Waals surface area contributed by atoms with Gasteiger partial charge in [0.2, 0.25) is 5.95 Å². The molecule has 7 heteroatoms. The van der Waals surface area contributed by atoms with Crippen LogP contribution in [0.3, 0.4) is 0 Å². The first-order valence-corrected chi connectivity index (χ1v) is 8.38. The molecule has 128 valence electrons. The first-order chi connectivity index (χ1) is 11.7. The molecule has 1 aromatic heterocycles. The SMILES string of the molecule is OC(CNCc1cnc(N2CCOCC2)nc1)c1ccc(Cl)cc1. The number of hydrogen-bond acceptors (Lipinski definition) is 6. The van der Waals surface area contributed by atoms with Crippen molar-refractivity contribution in [3.63, 3.8) is 0 Å². The van der Waals surface area contributed by atoms with E-state index in [4.69, 9.17) is 16.3 Å². The number of anilines is 1. The van der Waals surface area contributed by atoms with E-state index in [0.717, 1.165) is 43.4 Å². The Kier molecular flexibility index (Phi) is 5.98. The van der Waals surface area contributed by atoms with Gasteiger partial charge in [0.25, 0.3) is 0 Å². The van der Waals surface area contributed by atoms with E-state index >= 15 is 0 Å². The summed E-state index contributed by atoms with van der Waals surface area (Å²) in [6.07, 6.45) is 3.06. The van der Waals surface area contributed by atoms with Gasteiger partial charge in [-0.15, -0.1) is 0 Å². The number of aromatic nitrogens is 2. The average Bonchev–Trinajstić information content (AvgIpc) is 2.63. The van der Waals surface area contributed by atoms with Crippen LogP contribution in [0.2, 0.25) is 5.02 Å². The third-order valence-corrected chi connectivity index (χ3v) is 4.16. The lowest BCUT2D eigenvalue weighted by molar-refractivity contribution is 0.122. The van der Waals surface area contributed by atoms with Crippen LogP contribution in [0.25, 0.3) is 0 Å². The van der Waals surface area contributed by atoms with E-state index in [-0.39, 0.29) is 0 Å². The summed E-state index contributed by atoms with van der Waals surface area (Å²) in [5.74, 6) is 0.739. The molecule has 0 amide bonds. The van der Waals surface area contributed by atoms with Gasteiger partial charge in [0.15, 0.2) is 0 Å². The third kappa shape index (κ3) is 4.64. The number of aliphatic hydroxyl groups is 1. The Morgan fingerprint density at radius 1 is 1.17 bits per heavy atom. The fraction of sp³-hybridized carbons (Fsp3) is 0.412. The molecular formula is C17H21ClN4O2. The standard InChI is InChI=1S/C17H21ClN4O2/c18-15-3-1-14(2-4-15)16(23)12-19-9-13-10-20-17(21-11-13)22-5-7-24-8-6-22/h1-4,10-11,16,19,23H,5-9,12H2. The number of ether oxygens (including phenoxy) is 1. The molecule has 1 saturated heterocycles. The highest BCUT2D eigenvalue weighted by Gasteiger charge is 2.13. The van der Waals surface area contributed by atoms with Gasteiger partial charge in [-0.25, -0.2) is 9.97 Å². The van der Waals surface area contributed by atoms with Crippen molar-refractivity contribution in [3.8, 4) is 0 Å². The summed E-state index contributed by atoms with van der Waals surface area (Å²) in [6, 6.07) is 7.21. The van der Waals surface area contributed by atoms with Crippen molar-refractivity contribution in [2.45, 2.75) is 12.6 Å². The van der Waals surface area contributed by atoms with Crippen molar-refractivity contribution in [1.29, 1.82) is 0 Å². The molecule has 1 aliphatic rings. The lowest BCUT2D eigenvalue weighted by Crippen LogP contribution is -2.37. The van der Waals surface area contributed by atoms with E-state index in [1.807, 2.05) is 24.5 Å². The van der Waals surface area contributed by atoms with Gasteiger partial charge in [0.1, 0.15) is 0 Å². The Hall–Kier alpha value is -1.73. The van der Waals surface area contributed by atoms with Gasteiger partial charge in [0.05, 0.1) is 19.3 Å². The first kappa shape index (κ1) is 17.1. The van der Waals surface area contributed by atoms with Crippen molar-refractivity contribution in [2.24, 2.45) is 0 Å². The van der Waals surface area contributed by atoms with E-state index in [2.05, 4.69) is 20.2 Å². The topological polar surface area (TPSA) is 70.5 Å². The van der Waals surface area contributed by atoms with Crippen LogP contribution >= 0.6 is 11.6 Å². The van der Waals surface area contributed by atoms with Crippen LogP contribution in [0.1, 0.15) is 17.2 Å². The Labute approximate surface area is 146 Å². The van der Waals surface area contributed by atoms with Crippen LogP contribution < -0.4 is 10.2 Å². The van der Waals surface area contributed by atoms with Crippen LogP contribution in [-0.4, -0.2) is 47.9 Å². The number of hydrogen-bond donors (Lipinski definition) is 2. The minimum Gasteiger partial charge on any atom is -0.387 e. The van der Waals surface area contributed by atoms with Crippen LogP contribution in [0, 0.1) is 0 Å². The van der Waals surface area contributed by atoms with Gasteiger partial charge in [0, 0.05) is 49.2 Å². The molecule has 1 aliphatic heterocycles. The number of nitrogens with zero attached hydrogens (tertiary/aromatic N) is 3. The summed E-state index contributed by atoms with van der Waals surface area (Å²) < 4.78 is 5.33. The smallest absolute Gasteiger partial charge is 0.225 e. The zero-order valence-electron chi connectivity index (χ0n) is 13.4. The van der Waals surface area contributed by atoms with E-state index in [1.54, 1.807) is 12.1 Å². The molecule has 2 aromatic rings. The number of halogens is 1. The number of benzene rings is 1. The van der Waals surface area contributed by atoms with Crippen LogP contribution in [0.15, 0.2) is 36.7 Å². The Morgan fingerprint density at radius 3 is 2.50 bits per heavy atom. The number of rotatable bonds is 6. The molecule has 2 N–H and O–H groups in total. The zero-order valence-corrected chi connectivity index (χ0v) is 14.1. The summed E-state index contributed by atoms with van der Waals surface area (Å²) >= 11 is 5.85. The van der Waals surface area contributed by atoms with Gasteiger partial charge >= 0.3 is 0 Å². The van der Waals surface area contributed by atoms with E-state index in [1.165, 1.54) is 0 Å². The highest BCUT2D eigenvalue weighted by atomic mass is 35.5. The van der Waals surface area contributed by atoms with Crippen molar-refractivity contribution in [3.05, 3.63) is 52.8 Å². The number of morpholine rings is 1. The lowest BCUT2D eigenvalue weighted by atomic mass is 10.1. The summed E-state index contributed by atoms with van der Waals surface area (Å²) in [4.78, 5) is 10.9. The molecule has 0 aliphatic carbocycles. The molecule has 2 heterocycles. The minimum absolute atomic E-state index is 0.451. The van der Waals surface area contributed by atoms with Crippen molar-refractivity contribution < 1.29 is 9.84 Å². The maximum atomic E-state index is 10.1. The van der Waals surface area contributed by atoms with Crippen molar-refractivity contribution in [1.82, 2.24) is 15.3 Å². The van der Waals surface area contributed by atoms with Gasteiger partial charge in [-0.1, -0.05) is 23.7 Å². The largest absolute Gasteiger partial charge is 0.387 e. The first-order valence-electron chi connectivity index (χ1n) is 8.00. The van der Waals surface area contributed by atoms with E-state index < -0.39 is 6.10 Å². The molecule has 6 nitrogen and oxygen atoms in total. The summed E-state index contributed by atoms with van der Waals surface area (Å²) in [7, 11) is 0. The molecular weight excluding hydrogens is 328 g/mol. The minimum atomic E-state index is -0.573. The van der Waals surface area contributed by atoms with Crippen molar-refractivity contribution >= 4 is 17.5 Å². The Morgan fingerprint density at radius 2 is 1.83 bits per heavy atom. The molecule has 1 aromatic carbocycles. The number of nitrogens with one attached hydrogen (secondary N) is 1. The van der Waals surface area contributed by atoms with E-state index in [0.29, 0.717) is 18.1 Å². The predicted molar refractivity (Wildman–Crippen MR) is 93.2 cm³/mol. The second kappa shape index (κ2) is 8.39. The van der Waals surface area contributed by atoms with Crippen LogP contribution in [0.4, 0.5) is 5.95 Å². The van der Waals surface area contributed by atoms with E-state index in [9.17, 15) is 5.11 Å². The second-order valence-corrected chi connectivity index (χ2v) is 6.13. The summed E-state index contributed by atoms with van der Waals surface area (Å²) in [5.41, 5.74) is 1.82. The maximum Gasteiger partial charge on any atom is 0.225 e. The molecule has 1 atom stereocenters. The molecule has 3 rings (SSSR count). The third-order valence-electron chi connectivity index (χ3n) is 3.91. The summed E-state index contributed by atoms with van der Waals surface area (Å²) in [5, 5.41) is 14.0. The second-order valence-electron chi connectivity index (χ2n) is 5.69. The van der Waals surface area contributed by atoms with Crippen molar-refractivity contribution in [2.75, 3.05) is 37.7 Å². The Balaban J connectivity index is 1.47. The average molecular weight is 349 g/mol. The number of aliphatic hydroxyl groups excluding tert-OH is 1. The zero-order chi connectivity index (χ0) is 16.8. The van der Waals surface area contributed by atoms with Gasteiger partial charge in [-0.05, 0) is 17.7 Å². The molecule has 0 radical (unpaired) electrons. The predicted octanol–water partition coefficient (Wildman–Crippen LogP) is 1.79. The van der Waals surface area contributed by atoms with Gasteiger partial charge in [-0.2, -0.15) is 0 Å². The summed E-state index contributed by atoms with van der Waals surface area (Å²) in [6.45, 7) is 4.14.